The van der Waals surface area contributed by atoms with E-state index in [1.807, 2.05) is 19.1 Å². The fraction of sp³-hybridized carbons (Fsp3) is 0.500. The Balaban J connectivity index is 2.58. The first-order valence-electron chi connectivity index (χ1n) is 4.26. The molecule has 0 N–H and O–H groups in total. The zero-order valence-electron chi connectivity index (χ0n) is 7.54. The zero-order chi connectivity index (χ0) is 8.97. The van der Waals surface area contributed by atoms with E-state index in [-0.39, 0.29) is 5.92 Å². The molecule has 12 heavy (non-hydrogen) atoms. The molecule has 0 aromatic heterocycles. The van der Waals surface area contributed by atoms with E-state index < -0.39 is 0 Å². The van der Waals surface area contributed by atoms with Gasteiger partial charge in [0.05, 0.1) is 12.5 Å². The highest BCUT2D eigenvalue weighted by atomic mass is 16.5. The van der Waals surface area contributed by atoms with Crippen LogP contribution in [0.15, 0.2) is 23.5 Å². The minimum atomic E-state index is -0.0585. The fourth-order valence-corrected chi connectivity index (χ4v) is 1.15. The molecule has 66 valence electrons. The van der Waals surface area contributed by atoms with Gasteiger partial charge in [0.2, 0.25) is 0 Å². The lowest BCUT2D eigenvalue weighted by atomic mass is 10.1. The lowest BCUT2D eigenvalue weighted by Gasteiger charge is -2.06. The van der Waals surface area contributed by atoms with Gasteiger partial charge in [0.1, 0.15) is 12.0 Å². The molecule has 0 saturated carbocycles. The van der Waals surface area contributed by atoms with Gasteiger partial charge in [-0.2, -0.15) is 0 Å². The Hall–Kier alpha value is -1.05. The largest absolute Gasteiger partial charge is 0.494 e. The van der Waals surface area contributed by atoms with Gasteiger partial charge in [0.15, 0.2) is 0 Å². The molecule has 0 unspecified atom stereocenters. The van der Waals surface area contributed by atoms with Crippen LogP contribution >= 0.6 is 0 Å². The van der Waals surface area contributed by atoms with Gasteiger partial charge in [-0.1, -0.05) is 13.0 Å². The van der Waals surface area contributed by atoms with Crippen molar-refractivity contribution in [3.05, 3.63) is 23.5 Å². The van der Waals surface area contributed by atoms with Crippen LogP contribution in [0.5, 0.6) is 0 Å². The summed E-state index contributed by atoms with van der Waals surface area (Å²) in [5, 5.41) is 0. The Morgan fingerprint density at radius 3 is 2.92 bits per heavy atom. The monoisotopic (exact) mass is 166 g/mol. The predicted octanol–water partition coefficient (Wildman–Crippen LogP) is 2.07. The molecule has 0 aromatic rings. The third kappa shape index (κ3) is 1.76. The minimum Gasteiger partial charge on any atom is -0.494 e. The van der Waals surface area contributed by atoms with Gasteiger partial charge >= 0.3 is 0 Å². The van der Waals surface area contributed by atoms with Crippen molar-refractivity contribution in [2.24, 2.45) is 5.92 Å². The molecule has 0 radical (unpaired) electrons. The summed E-state index contributed by atoms with van der Waals surface area (Å²) in [7, 11) is 0. The van der Waals surface area contributed by atoms with Gasteiger partial charge < -0.3 is 9.53 Å². The van der Waals surface area contributed by atoms with E-state index in [2.05, 4.69) is 6.92 Å². The lowest BCUT2D eigenvalue weighted by Crippen LogP contribution is -1.98. The Morgan fingerprint density at radius 2 is 2.42 bits per heavy atom. The molecule has 0 spiro atoms. The lowest BCUT2D eigenvalue weighted by molar-refractivity contribution is -0.109. The molecular formula is C10H14O2. The van der Waals surface area contributed by atoms with Gasteiger partial charge in [-0.3, -0.25) is 0 Å². The highest BCUT2D eigenvalue weighted by Crippen LogP contribution is 2.23. The summed E-state index contributed by atoms with van der Waals surface area (Å²) in [6, 6.07) is 0. The molecule has 0 aliphatic heterocycles. The minimum absolute atomic E-state index is 0.0585. The SMILES string of the molecule is CCCOC1=C(C)[C@@H](C=O)C=C1. The van der Waals surface area contributed by atoms with Gasteiger partial charge in [-0.05, 0) is 25.0 Å². The number of rotatable bonds is 4. The molecule has 2 nitrogen and oxygen atoms in total. The molecule has 0 heterocycles. The number of hydrogen-bond acceptors (Lipinski definition) is 2. The van der Waals surface area contributed by atoms with Crippen LogP contribution in [-0.2, 0) is 9.53 Å². The summed E-state index contributed by atoms with van der Waals surface area (Å²) in [5.74, 6) is 0.811. The molecule has 0 fully saturated rings. The summed E-state index contributed by atoms with van der Waals surface area (Å²) >= 11 is 0. The summed E-state index contributed by atoms with van der Waals surface area (Å²) in [6.45, 7) is 4.72. The van der Waals surface area contributed by atoms with Crippen molar-refractivity contribution >= 4 is 6.29 Å². The average Bonchev–Trinajstić information content (AvgIpc) is 2.43. The van der Waals surface area contributed by atoms with Crippen molar-refractivity contribution in [3.8, 4) is 0 Å². The molecule has 2 heteroatoms. The van der Waals surface area contributed by atoms with E-state index in [0.29, 0.717) is 0 Å². The molecule has 0 aromatic carbocycles. The molecule has 1 rings (SSSR count). The normalized spacial score (nSPS) is 21.7. The first-order chi connectivity index (χ1) is 5.79. The summed E-state index contributed by atoms with van der Waals surface area (Å²) in [6.07, 6.45) is 5.68. The zero-order valence-corrected chi connectivity index (χ0v) is 7.54. The van der Waals surface area contributed by atoms with Gasteiger partial charge in [-0.25, -0.2) is 0 Å². The van der Waals surface area contributed by atoms with Crippen LogP contribution in [0.4, 0.5) is 0 Å². The van der Waals surface area contributed by atoms with Gasteiger partial charge in [-0.15, -0.1) is 0 Å². The average molecular weight is 166 g/mol. The van der Waals surface area contributed by atoms with Crippen molar-refractivity contribution in [1.82, 2.24) is 0 Å². The Morgan fingerprint density at radius 1 is 1.67 bits per heavy atom. The summed E-state index contributed by atoms with van der Waals surface area (Å²) < 4.78 is 5.43. The molecular weight excluding hydrogens is 152 g/mol. The standard InChI is InChI=1S/C10H14O2/c1-3-6-12-10-5-4-9(7-11)8(10)2/h4-5,7,9H,3,6H2,1-2H3/t9-/m1/s1. The molecule has 0 saturated heterocycles. The van der Waals surface area contributed by atoms with Crippen LogP contribution in [0.25, 0.3) is 0 Å². The van der Waals surface area contributed by atoms with Crippen LogP contribution in [0.1, 0.15) is 20.3 Å². The van der Waals surface area contributed by atoms with Crippen LogP contribution < -0.4 is 0 Å². The van der Waals surface area contributed by atoms with E-state index in [4.69, 9.17) is 4.74 Å². The molecule has 1 aliphatic carbocycles. The number of aldehydes is 1. The maximum absolute atomic E-state index is 10.5. The first-order valence-corrected chi connectivity index (χ1v) is 4.26. The Labute approximate surface area is 72.9 Å². The number of carbonyl (C=O) groups excluding carboxylic acids is 1. The van der Waals surface area contributed by atoms with Crippen molar-refractivity contribution in [3.63, 3.8) is 0 Å². The molecule has 0 bridgehead atoms. The Kier molecular flexibility index (Phi) is 3.09. The Bertz CT molecular complexity index is 226. The molecule has 0 amide bonds. The van der Waals surface area contributed by atoms with E-state index in [1.165, 1.54) is 0 Å². The number of carbonyl (C=O) groups is 1. The predicted molar refractivity (Wildman–Crippen MR) is 47.6 cm³/mol. The van der Waals surface area contributed by atoms with Crippen LogP contribution in [-0.4, -0.2) is 12.9 Å². The maximum atomic E-state index is 10.5. The second-order valence-corrected chi connectivity index (χ2v) is 2.92. The second-order valence-electron chi connectivity index (χ2n) is 2.92. The third-order valence-electron chi connectivity index (χ3n) is 1.95. The summed E-state index contributed by atoms with van der Waals surface area (Å²) in [4.78, 5) is 10.5. The van der Waals surface area contributed by atoms with Gasteiger partial charge in [0, 0.05) is 0 Å². The van der Waals surface area contributed by atoms with Crippen molar-refractivity contribution in [1.29, 1.82) is 0 Å². The van der Waals surface area contributed by atoms with Crippen molar-refractivity contribution in [2.45, 2.75) is 20.3 Å². The van der Waals surface area contributed by atoms with E-state index in [1.54, 1.807) is 0 Å². The summed E-state index contributed by atoms with van der Waals surface area (Å²) in [5.41, 5.74) is 1.03. The third-order valence-corrected chi connectivity index (χ3v) is 1.95. The van der Waals surface area contributed by atoms with Crippen molar-refractivity contribution < 1.29 is 9.53 Å². The maximum Gasteiger partial charge on any atom is 0.131 e. The number of ether oxygens (including phenoxy) is 1. The molecule has 1 aliphatic rings. The first kappa shape index (κ1) is 9.04. The van der Waals surface area contributed by atoms with E-state index >= 15 is 0 Å². The quantitative estimate of drug-likeness (QED) is 0.597. The molecule has 1 atom stereocenters. The van der Waals surface area contributed by atoms with E-state index in [0.717, 1.165) is 30.6 Å². The number of allylic oxidation sites excluding steroid dienone is 3. The fourth-order valence-electron chi connectivity index (χ4n) is 1.15. The van der Waals surface area contributed by atoms with Crippen LogP contribution in [0.2, 0.25) is 0 Å². The highest BCUT2D eigenvalue weighted by molar-refractivity contribution is 5.64. The second kappa shape index (κ2) is 4.10. The number of hydrogen-bond donors (Lipinski definition) is 0. The smallest absolute Gasteiger partial charge is 0.131 e. The highest BCUT2D eigenvalue weighted by Gasteiger charge is 2.16. The topological polar surface area (TPSA) is 26.3 Å². The van der Waals surface area contributed by atoms with Gasteiger partial charge in [0.25, 0.3) is 0 Å². The van der Waals surface area contributed by atoms with Crippen LogP contribution in [0.3, 0.4) is 0 Å². The van der Waals surface area contributed by atoms with Crippen LogP contribution in [0, 0.1) is 5.92 Å². The van der Waals surface area contributed by atoms with E-state index in [9.17, 15) is 4.79 Å². The van der Waals surface area contributed by atoms with Crippen molar-refractivity contribution in [2.75, 3.05) is 6.61 Å².